The van der Waals surface area contributed by atoms with E-state index in [1.54, 1.807) is 12.1 Å². The number of piperazine rings is 1. The normalized spacial score (nSPS) is 24.3. The minimum absolute atomic E-state index is 0.367. The lowest BCUT2D eigenvalue weighted by Crippen LogP contribution is -2.54. The van der Waals surface area contributed by atoms with Gasteiger partial charge in [0.15, 0.2) is 0 Å². The van der Waals surface area contributed by atoms with Gasteiger partial charge >= 0.3 is 5.97 Å². The first-order valence-electron chi connectivity index (χ1n) is 7.51. The molecule has 0 aromatic heterocycles. The number of carboxylic acid groups (broad SMARTS) is 1. The number of carbonyl (C=O) groups is 1. The molecule has 3 rings (SSSR count). The Balaban J connectivity index is 1.59. The first kappa shape index (κ1) is 13.6. The lowest BCUT2D eigenvalue weighted by Gasteiger charge is -2.44. The molecule has 1 atom stereocenters. The van der Waals surface area contributed by atoms with Crippen molar-refractivity contribution >= 4 is 5.97 Å². The quantitative estimate of drug-likeness (QED) is 0.916. The molecule has 1 aromatic carbocycles. The van der Waals surface area contributed by atoms with Gasteiger partial charge in [-0.2, -0.15) is 0 Å². The lowest BCUT2D eigenvalue weighted by molar-refractivity contribution is 0.0457. The SMILES string of the molecule is O=C(O)c1ccc(CN2CCN3CCCCC3C2)cc1. The van der Waals surface area contributed by atoms with Gasteiger partial charge in [-0.05, 0) is 37.1 Å². The van der Waals surface area contributed by atoms with Crippen molar-refractivity contribution in [3.05, 3.63) is 35.4 Å². The average molecular weight is 274 g/mol. The van der Waals surface area contributed by atoms with Gasteiger partial charge in [0, 0.05) is 32.2 Å². The predicted octanol–water partition coefficient (Wildman–Crippen LogP) is 2.05. The first-order chi connectivity index (χ1) is 9.72. The summed E-state index contributed by atoms with van der Waals surface area (Å²) in [5, 5.41) is 8.91. The van der Waals surface area contributed by atoms with Gasteiger partial charge in [0.05, 0.1) is 5.56 Å². The zero-order chi connectivity index (χ0) is 13.9. The Kier molecular flexibility index (Phi) is 4.03. The topological polar surface area (TPSA) is 43.8 Å². The van der Waals surface area contributed by atoms with E-state index in [-0.39, 0.29) is 0 Å². The number of carboxylic acids is 1. The third-order valence-corrected chi connectivity index (χ3v) is 4.53. The van der Waals surface area contributed by atoms with Crippen LogP contribution in [0, 0.1) is 0 Å². The van der Waals surface area contributed by atoms with Crippen LogP contribution in [0.1, 0.15) is 35.2 Å². The highest BCUT2D eigenvalue weighted by molar-refractivity contribution is 5.87. The third kappa shape index (κ3) is 3.02. The molecule has 0 spiro atoms. The summed E-state index contributed by atoms with van der Waals surface area (Å²) in [5.74, 6) is -0.854. The van der Waals surface area contributed by atoms with E-state index in [1.807, 2.05) is 12.1 Å². The maximum Gasteiger partial charge on any atom is 0.335 e. The second-order valence-corrected chi connectivity index (χ2v) is 5.92. The van der Waals surface area contributed by atoms with E-state index in [4.69, 9.17) is 5.11 Å². The Morgan fingerprint density at radius 1 is 1.15 bits per heavy atom. The summed E-state index contributed by atoms with van der Waals surface area (Å²) >= 11 is 0. The number of piperidine rings is 1. The van der Waals surface area contributed by atoms with Crippen molar-refractivity contribution in [3.63, 3.8) is 0 Å². The summed E-state index contributed by atoms with van der Waals surface area (Å²) in [4.78, 5) is 16.0. The molecule has 1 aromatic rings. The number of hydrogen-bond donors (Lipinski definition) is 1. The summed E-state index contributed by atoms with van der Waals surface area (Å²) in [6, 6.07) is 8.02. The maximum atomic E-state index is 10.8. The highest BCUT2D eigenvalue weighted by Crippen LogP contribution is 2.22. The summed E-state index contributed by atoms with van der Waals surface area (Å²) < 4.78 is 0. The average Bonchev–Trinajstić information content (AvgIpc) is 2.48. The molecule has 4 heteroatoms. The van der Waals surface area contributed by atoms with E-state index in [2.05, 4.69) is 9.80 Å². The van der Waals surface area contributed by atoms with E-state index in [0.717, 1.165) is 25.7 Å². The molecular weight excluding hydrogens is 252 g/mol. The second kappa shape index (κ2) is 5.94. The van der Waals surface area contributed by atoms with Gasteiger partial charge in [0.25, 0.3) is 0 Å². The monoisotopic (exact) mass is 274 g/mol. The number of nitrogens with zero attached hydrogens (tertiary/aromatic N) is 2. The molecule has 2 aliphatic rings. The molecule has 2 fully saturated rings. The molecule has 1 unspecified atom stereocenters. The molecule has 0 radical (unpaired) electrons. The van der Waals surface area contributed by atoms with E-state index in [9.17, 15) is 4.79 Å². The number of aromatic carboxylic acids is 1. The van der Waals surface area contributed by atoms with Crippen LogP contribution in [0.4, 0.5) is 0 Å². The summed E-state index contributed by atoms with van der Waals surface area (Å²) in [5.41, 5.74) is 1.57. The fourth-order valence-electron chi connectivity index (χ4n) is 3.37. The number of fused-ring (bicyclic) bond motifs is 1. The van der Waals surface area contributed by atoms with Gasteiger partial charge in [0.1, 0.15) is 0 Å². The van der Waals surface area contributed by atoms with Crippen LogP contribution in [0.25, 0.3) is 0 Å². The van der Waals surface area contributed by atoms with Crippen LogP contribution in [0.15, 0.2) is 24.3 Å². The second-order valence-electron chi connectivity index (χ2n) is 5.92. The Morgan fingerprint density at radius 2 is 1.95 bits per heavy atom. The Hall–Kier alpha value is -1.39. The number of benzene rings is 1. The smallest absolute Gasteiger partial charge is 0.335 e. The van der Waals surface area contributed by atoms with Gasteiger partial charge in [0.2, 0.25) is 0 Å². The Morgan fingerprint density at radius 3 is 2.70 bits per heavy atom. The van der Waals surface area contributed by atoms with Gasteiger partial charge < -0.3 is 5.11 Å². The Bertz CT molecular complexity index is 472. The van der Waals surface area contributed by atoms with Crippen molar-refractivity contribution in [2.24, 2.45) is 0 Å². The van der Waals surface area contributed by atoms with Crippen molar-refractivity contribution in [3.8, 4) is 0 Å². The third-order valence-electron chi connectivity index (χ3n) is 4.53. The summed E-state index contributed by atoms with van der Waals surface area (Å²) in [6.45, 7) is 5.66. The van der Waals surface area contributed by atoms with E-state index < -0.39 is 5.97 Å². The van der Waals surface area contributed by atoms with Gasteiger partial charge in [-0.25, -0.2) is 4.79 Å². The van der Waals surface area contributed by atoms with Gasteiger partial charge in [-0.15, -0.1) is 0 Å². The van der Waals surface area contributed by atoms with Crippen molar-refractivity contribution in [1.29, 1.82) is 0 Å². The van der Waals surface area contributed by atoms with Crippen LogP contribution < -0.4 is 0 Å². The van der Waals surface area contributed by atoms with Crippen LogP contribution >= 0.6 is 0 Å². The fourth-order valence-corrected chi connectivity index (χ4v) is 3.37. The van der Waals surface area contributed by atoms with Crippen LogP contribution in [0.3, 0.4) is 0 Å². The van der Waals surface area contributed by atoms with Crippen molar-refractivity contribution in [2.75, 3.05) is 26.2 Å². The van der Waals surface area contributed by atoms with Crippen molar-refractivity contribution < 1.29 is 9.90 Å². The lowest BCUT2D eigenvalue weighted by atomic mass is 9.99. The highest BCUT2D eigenvalue weighted by atomic mass is 16.4. The van der Waals surface area contributed by atoms with Crippen LogP contribution in [-0.4, -0.2) is 53.1 Å². The summed E-state index contributed by atoms with van der Waals surface area (Å²) in [7, 11) is 0. The van der Waals surface area contributed by atoms with Gasteiger partial charge in [-0.1, -0.05) is 18.6 Å². The first-order valence-corrected chi connectivity index (χ1v) is 7.51. The molecule has 2 heterocycles. The van der Waals surface area contributed by atoms with Crippen LogP contribution in [0.2, 0.25) is 0 Å². The molecule has 20 heavy (non-hydrogen) atoms. The van der Waals surface area contributed by atoms with E-state index in [0.29, 0.717) is 5.56 Å². The molecule has 2 saturated heterocycles. The minimum atomic E-state index is -0.854. The number of hydrogen-bond acceptors (Lipinski definition) is 3. The van der Waals surface area contributed by atoms with Gasteiger partial charge in [-0.3, -0.25) is 9.80 Å². The molecule has 2 aliphatic heterocycles. The molecule has 0 amide bonds. The maximum absolute atomic E-state index is 10.8. The Labute approximate surface area is 120 Å². The molecule has 108 valence electrons. The molecule has 0 aliphatic carbocycles. The van der Waals surface area contributed by atoms with E-state index in [1.165, 1.54) is 37.9 Å². The molecular formula is C16H22N2O2. The predicted molar refractivity (Wildman–Crippen MR) is 77.9 cm³/mol. The molecule has 4 nitrogen and oxygen atoms in total. The zero-order valence-corrected chi connectivity index (χ0v) is 11.8. The van der Waals surface area contributed by atoms with Crippen molar-refractivity contribution in [2.45, 2.75) is 31.8 Å². The molecule has 0 bridgehead atoms. The van der Waals surface area contributed by atoms with Crippen LogP contribution in [-0.2, 0) is 6.54 Å². The minimum Gasteiger partial charge on any atom is -0.478 e. The highest BCUT2D eigenvalue weighted by Gasteiger charge is 2.28. The largest absolute Gasteiger partial charge is 0.478 e. The molecule has 1 N–H and O–H groups in total. The van der Waals surface area contributed by atoms with Crippen molar-refractivity contribution in [1.82, 2.24) is 9.80 Å². The van der Waals surface area contributed by atoms with E-state index >= 15 is 0 Å². The molecule has 0 saturated carbocycles. The zero-order valence-electron chi connectivity index (χ0n) is 11.8. The van der Waals surface area contributed by atoms with Crippen LogP contribution in [0.5, 0.6) is 0 Å². The number of rotatable bonds is 3. The fraction of sp³-hybridized carbons (Fsp3) is 0.562. The standard InChI is InChI=1S/C16H22N2O2/c19-16(20)14-6-4-13(5-7-14)11-17-9-10-18-8-2-1-3-15(18)12-17/h4-7,15H,1-3,8-12H2,(H,19,20). The summed E-state index contributed by atoms with van der Waals surface area (Å²) in [6.07, 6.45) is 4.05.